The Morgan fingerprint density at radius 2 is 1.67 bits per heavy atom. The zero-order chi connectivity index (χ0) is 18.0. The lowest BCUT2D eigenvalue weighted by Gasteiger charge is -2.39. The van der Waals surface area contributed by atoms with Gasteiger partial charge >= 0.3 is 5.97 Å². The fourth-order valence-electron chi connectivity index (χ4n) is 2.21. The summed E-state index contributed by atoms with van der Waals surface area (Å²) in [5.41, 5.74) is -0.253. The number of carbonyl (C=O) groups excluding carboxylic acids is 1. The fourth-order valence-corrected chi connectivity index (χ4v) is 2.21. The second-order valence-corrected chi connectivity index (χ2v) is 5.21. The topological polar surface area (TPSA) is 166 Å². The molecule has 2 rings (SSSR count). The van der Waals surface area contributed by atoms with Gasteiger partial charge in [-0.15, -0.1) is 0 Å². The molecular formula is C14H18O10. The van der Waals surface area contributed by atoms with Gasteiger partial charge in [0.05, 0.1) is 5.56 Å². The third-order valence-corrected chi connectivity index (χ3v) is 3.58. The molecular weight excluding hydrogens is 328 g/mol. The summed E-state index contributed by atoms with van der Waals surface area (Å²) >= 11 is 0. The Morgan fingerprint density at radius 1 is 1.08 bits per heavy atom. The van der Waals surface area contributed by atoms with Crippen molar-refractivity contribution in [2.45, 2.75) is 30.7 Å². The maximum Gasteiger partial charge on any atom is 0.338 e. The molecule has 10 heteroatoms. The highest BCUT2D eigenvalue weighted by Gasteiger charge is 2.44. The summed E-state index contributed by atoms with van der Waals surface area (Å²) in [5.74, 6) is -3.19. The number of aliphatic hydroxyl groups is 3. The van der Waals surface area contributed by atoms with E-state index >= 15 is 0 Å². The predicted octanol–water partition coefficient (Wildman–Crippen LogP) is -1.59. The smallest absolute Gasteiger partial charge is 0.338 e. The zero-order valence-electron chi connectivity index (χ0n) is 12.6. The highest BCUT2D eigenvalue weighted by atomic mass is 16.7. The largest absolute Gasteiger partial charge is 0.504 e. The number of aliphatic hydroxyl groups excluding tert-OH is 3. The first-order valence-corrected chi connectivity index (χ1v) is 6.90. The molecule has 0 aromatic heterocycles. The third-order valence-electron chi connectivity index (χ3n) is 3.58. The van der Waals surface area contributed by atoms with E-state index < -0.39 is 60.5 Å². The van der Waals surface area contributed by atoms with Crippen molar-refractivity contribution >= 4 is 5.97 Å². The molecule has 1 aliphatic heterocycles. The second kappa shape index (κ2) is 7.20. The Bertz CT molecular complexity index is 578. The van der Waals surface area contributed by atoms with Gasteiger partial charge in [-0.3, -0.25) is 0 Å². The molecule has 0 bridgehead atoms. The van der Waals surface area contributed by atoms with Gasteiger partial charge in [-0.05, 0) is 12.1 Å². The second-order valence-electron chi connectivity index (χ2n) is 5.21. The van der Waals surface area contributed by atoms with E-state index in [4.69, 9.17) is 14.2 Å². The maximum atomic E-state index is 11.9. The number of rotatable bonds is 4. The molecule has 134 valence electrons. The highest BCUT2D eigenvalue weighted by molar-refractivity contribution is 5.91. The van der Waals surface area contributed by atoms with Gasteiger partial charge in [0.2, 0.25) is 0 Å². The van der Waals surface area contributed by atoms with Gasteiger partial charge in [0.25, 0.3) is 0 Å². The number of phenolic OH excluding ortho intramolecular Hbond substituents is 3. The number of esters is 1. The molecule has 1 aromatic carbocycles. The predicted molar refractivity (Wildman–Crippen MR) is 75.4 cm³/mol. The van der Waals surface area contributed by atoms with Crippen molar-refractivity contribution in [3.05, 3.63) is 17.7 Å². The van der Waals surface area contributed by atoms with Crippen LogP contribution in [-0.4, -0.2) is 81.0 Å². The molecule has 0 aliphatic carbocycles. The minimum Gasteiger partial charge on any atom is -0.504 e. The lowest BCUT2D eigenvalue weighted by Crippen LogP contribution is -2.59. The van der Waals surface area contributed by atoms with E-state index in [1.165, 1.54) is 7.11 Å². The van der Waals surface area contributed by atoms with Gasteiger partial charge < -0.3 is 44.8 Å². The monoisotopic (exact) mass is 346 g/mol. The van der Waals surface area contributed by atoms with Crippen LogP contribution in [0.1, 0.15) is 10.4 Å². The van der Waals surface area contributed by atoms with Crippen LogP contribution >= 0.6 is 0 Å². The van der Waals surface area contributed by atoms with Crippen LogP contribution in [0.4, 0.5) is 0 Å². The molecule has 1 saturated heterocycles. The molecule has 0 spiro atoms. The summed E-state index contributed by atoms with van der Waals surface area (Å²) in [7, 11) is 1.23. The Morgan fingerprint density at radius 3 is 2.21 bits per heavy atom. The van der Waals surface area contributed by atoms with E-state index in [9.17, 15) is 35.4 Å². The van der Waals surface area contributed by atoms with Crippen LogP contribution in [0.5, 0.6) is 17.2 Å². The number of hydrogen-bond acceptors (Lipinski definition) is 10. The minimum absolute atomic E-state index is 0.253. The molecule has 1 aromatic rings. The van der Waals surface area contributed by atoms with Crippen LogP contribution < -0.4 is 0 Å². The molecule has 5 atom stereocenters. The van der Waals surface area contributed by atoms with Crippen molar-refractivity contribution in [2.24, 2.45) is 0 Å². The lowest BCUT2D eigenvalue weighted by atomic mass is 9.99. The summed E-state index contributed by atoms with van der Waals surface area (Å²) in [4.78, 5) is 11.9. The molecule has 0 amide bonds. The SMILES string of the molecule is COC1OC(COC(=O)c2cc(O)c(O)c(O)c2)C(O)C(O)C1O. The molecule has 1 heterocycles. The number of ether oxygens (including phenoxy) is 3. The van der Waals surface area contributed by atoms with Crippen LogP contribution in [0.3, 0.4) is 0 Å². The van der Waals surface area contributed by atoms with Crippen molar-refractivity contribution in [1.82, 2.24) is 0 Å². The van der Waals surface area contributed by atoms with Crippen LogP contribution in [0, 0.1) is 0 Å². The Hall–Kier alpha value is -2.11. The summed E-state index contributed by atoms with van der Waals surface area (Å²) in [6.45, 7) is -0.494. The average Bonchev–Trinajstić information content (AvgIpc) is 2.56. The Labute approximate surface area is 136 Å². The summed E-state index contributed by atoms with van der Waals surface area (Å²) in [6.07, 6.45) is -6.94. The van der Waals surface area contributed by atoms with Crippen molar-refractivity contribution in [3.8, 4) is 17.2 Å². The van der Waals surface area contributed by atoms with Gasteiger partial charge in [0.15, 0.2) is 23.5 Å². The van der Waals surface area contributed by atoms with E-state index in [1.807, 2.05) is 0 Å². The van der Waals surface area contributed by atoms with Gasteiger partial charge in [0, 0.05) is 7.11 Å². The molecule has 1 aliphatic rings. The minimum atomic E-state index is -1.56. The number of aromatic hydroxyl groups is 3. The quantitative estimate of drug-likeness (QED) is 0.276. The first kappa shape index (κ1) is 18.2. The standard InChI is InChI=1S/C14H18O10/c1-22-14-12(20)11(19)10(18)8(24-14)4-23-13(21)5-2-6(15)9(17)7(16)3-5/h2-3,8,10-12,14-20H,4H2,1H3. The first-order chi connectivity index (χ1) is 11.3. The number of benzene rings is 1. The van der Waals surface area contributed by atoms with Crippen LogP contribution in [-0.2, 0) is 14.2 Å². The molecule has 0 saturated carbocycles. The van der Waals surface area contributed by atoms with Crippen LogP contribution in [0.2, 0.25) is 0 Å². The number of phenols is 3. The molecule has 10 nitrogen and oxygen atoms in total. The first-order valence-electron chi connectivity index (χ1n) is 6.90. The van der Waals surface area contributed by atoms with Gasteiger partial charge in [-0.1, -0.05) is 0 Å². The molecule has 6 N–H and O–H groups in total. The van der Waals surface area contributed by atoms with Gasteiger partial charge in [-0.2, -0.15) is 0 Å². The average molecular weight is 346 g/mol. The van der Waals surface area contributed by atoms with Crippen LogP contribution in [0.15, 0.2) is 12.1 Å². The van der Waals surface area contributed by atoms with Crippen molar-refractivity contribution in [1.29, 1.82) is 0 Å². The maximum absolute atomic E-state index is 11.9. The summed E-state index contributed by atoms with van der Waals surface area (Å²) in [5, 5.41) is 57.1. The van der Waals surface area contributed by atoms with Crippen molar-refractivity contribution < 1.29 is 49.6 Å². The molecule has 5 unspecified atom stereocenters. The summed E-state index contributed by atoms with van der Waals surface area (Å²) < 4.78 is 14.9. The van der Waals surface area contributed by atoms with E-state index in [-0.39, 0.29) is 5.56 Å². The third kappa shape index (κ3) is 3.52. The van der Waals surface area contributed by atoms with E-state index in [1.54, 1.807) is 0 Å². The zero-order valence-corrected chi connectivity index (χ0v) is 12.6. The molecule has 24 heavy (non-hydrogen) atoms. The van der Waals surface area contributed by atoms with Crippen LogP contribution in [0.25, 0.3) is 0 Å². The normalized spacial score (nSPS) is 30.1. The lowest BCUT2D eigenvalue weighted by molar-refractivity contribution is -0.294. The number of hydrogen-bond donors (Lipinski definition) is 6. The van der Waals surface area contributed by atoms with Gasteiger partial charge in [-0.25, -0.2) is 4.79 Å². The van der Waals surface area contributed by atoms with Crippen molar-refractivity contribution in [3.63, 3.8) is 0 Å². The van der Waals surface area contributed by atoms with Crippen molar-refractivity contribution in [2.75, 3.05) is 13.7 Å². The van der Waals surface area contributed by atoms with Gasteiger partial charge in [0.1, 0.15) is 31.0 Å². The fraction of sp³-hybridized carbons (Fsp3) is 0.500. The van der Waals surface area contributed by atoms with E-state index in [0.717, 1.165) is 12.1 Å². The number of carbonyl (C=O) groups is 1. The Kier molecular flexibility index (Phi) is 5.47. The molecule has 1 fully saturated rings. The Balaban J connectivity index is 2.03. The van der Waals surface area contributed by atoms with E-state index in [0.29, 0.717) is 0 Å². The van der Waals surface area contributed by atoms with E-state index in [2.05, 4.69) is 0 Å². The summed E-state index contributed by atoms with van der Waals surface area (Å²) in [6, 6.07) is 1.76. The highest BCUT2D eigenvalue weighted by Crippen LogP contribution is 2.35. The molecule has 0 radical (unpaired) electrons. The number of methoxy groups -OCH3 is 1.